The minimum absolute atomic E-state index is 0. The van der Waals surface area contributed by atoms with Gasteiger partial charge >= 0.3 is 19.5 Å². The Kier molecular flexibility index (Phi) is 14.7. The molecule has 0 heterocycles. The van der Waals surface area contributed by atoms with Crippen molar-refractivity contribution in [1.82, 2.24) is 0 Å². The van der Waals surface area contributed by atoms with Crippen LogP contribution in [0.1, 0.15) is 36.5 Å². The number of halogens is 1. The maximum absolute atomic E-state index is 5.11. The molecule has 0 aliphatic heterocycles. The van der Waals surface area contributed by atoms with E-state index in [1.54, 1.807) is 6.21 Å². The zero-order valence-electron chi connectivity index (χ0n) is 14.0. The summed E-state index contributed by atoms with van der Waals surface area (Å²) in [6.07, 6.45) is 1.60. The zero-order chi connectivity index (χ0) is 16.4. The van der Waals surface area contributed by atoms with Crippen LogP contribution >= 0.6 is 0 Å². The molecule has 0 amide bonds. The summed E-state index contributed by atoms with van der Waals surface area (Å²) in [6.45, 7) is 6.54. The summed E-state index contributed by atoms with van der Waals surface area (Å²) >= 11 is 4.51. The Morgan fingerprint density at radius 3 is 2.04 bits per heavy atom. The third-order valence-electron chi connectivity index (χ3n) is 2.91. The Morgan fingerprint density at radius 1 is 1.04 bits per heavy atom. The van der Waals surface area contributed by atoms with Crippen LogP contribution in [0.2, 0.25) is 0 Å². The number of benzene rings is 2. The summed E-state index contributed by atoms with van der Waals surface area (Å²) in [6, 6.07) is 18.3. The number of amidine groups is 1. The molecule has 3 nitrogen and oxygen atoms in total. The van der Waals surface area contributed by atoms with E-state index in [1.165, 1.54) is 11.1 Å². The second-order valence-electron chi connectivity index (χ2n) is 5.16. The van der Waals surface area contributed by atoms with Crippen LogP contribution in [0.3, 0.4) is 0 Å². The second-order valence-corrected chi connectivity index (χ2v) is 5.58. The van der Waals surface area contributed by atoms with Crippen LogP contribution in [-0.4, -0.2) is 11.4 Å². The summed E-state index contributed by atoms with van der Waals surface area (Å²) in [5, 5.41) is 7.22. The Labute approximate surface area is 169 Å². The van der Waals surface area contributed by atoms with Gasteiger partial charge in [-0.1, -0.05) is 74.0 Å². The molecular formula is C18H22ClN3RuS. The van der Waals surface area contributed by atoms with Crippen molar-refractivity contribution in [3.63, 3.8) is 0 Å². The molecule has 2 N–H and O–H groups in total. The van der Waals surface area contributed by atoms with Gasteiger partial charge in [-0.05, 0) is 29.1 Å². The molecule has 2 aromatic rings. The predicted octanol–water partition coefficient (Wildman–Crippen LogP) is 1.00. The van der Waals surface area contributed by atoms with Gasteiger partial charge in [0, 0.05) is 0 Å². The van der Waals surface area contributed by atoms with Gasteiger partial charge in [0.15, 0.2) is 0 Å². The first-order valence-electron chi connectivity index (χ1n) is 7.14. The van der Waals surface area contributed by atoms with E-state index >= 15 is 0 Å². The van der Waals surface area contributed by atoms with E-state index in [4.69, 9.17) is 5.73 Å². The molecule has 0 radical (unpaired) electrons. The molecule has 6 heteroatoms. The number of nitrogens with two attached hydrogens (primary N) is 1. The number of hydrogen-bond acceptors (Lipinski definition) is 3. The van der Waals surface area contributed by atoms with Gasteiger partial charge in [0.05, 0.1) is 6.21 Å². The third-order valence-corrected chi connectivity index (χ3v) is 2.99. The number of rotatable bonds is 3. The fourth-order valence-electron chi connectivity index (χ4n) is 1.64. The first-order chi connectivity index (χ1) is 10.5. The molecule has 0 saturated carbocycles. The van der Waals surface area contributed by atoms with Crippen molar-refractivity contribution in [2.45, 2.75) is 26.7 Å². The van der Waals surface area contributed by atoms with Crippen molar-refractivity contribution in [3.8, 4) is 0 Å². The van der Waals surface area contributed by atoms with Crippen LogP contribution in [0.4, 0.5) is 0 Å². The Hall–Kier alpha value is -1.29. The van der Waals surface area contributed by atoms with Gasteiger partial charge in [-0.3, -0.25) is 0 Å². The van der Waals surface area contributed by atoms with Crippen molar-refractivity contribution in [2.24, 2.45) is 15.9 Å². The van der Waals surface area contributed by atoms with Crippen molar-refractivity contribution in [2.75, 3.05) is 0 Å². The Bertz CT molecular complexity index is 610. The molecule has 0 saturated heterocycles. The normalized spacial score (nSPS) is 10.4. The minimum Gasteiger partial charge on any atom is -1.00 e. The molecule has 0 fully saturated rings. The Morgan fingerprint density at radius 2 is 1.58 bits per heavy atom. The van der Waals surface area contributed by atoms with E-state index in [0.717, 1.165) is 5.56 Å². The maximum Gasteiger partial charge on any atom is 2.00 e. The molecule has 0 atom stereocenters. The average Bonchev–Trinajstić information content (AvgIpc) is 2.49. The van der Waals surface area contributed by atoms with Crippen molar-refractivity contribution in [1.29, 1.82) is 0 Å². The molecule has 24 heavy (non-hydrogen) atoms. The summed E-state index contributed by atoms with van der Waals surface area (Å²) < 4.78 is 0. The first kappa shape index (κ1) is 25.0. The fraction of sp³-hybridized carbons (Fsp3) is 0.222. The van der Waals surface area contributed by atoms with Gasteiger partial charge in [0.1, 0.15) is 0 Å². The average molecular weight is 449 g/mol. The molecule has 0 spiro atoms. The summed E-state index contributed by atoms with van der Waals surface area (Å²) in [5.41, 5.74) is 8.84. The van der Waals surface area contributed by atoms with E-state index in [-0.39, 0.29) is 37.1 Å². The van der Waals surface area contributed by atoms with Gasteiger partial charge in [0.2, 0.25) is 0 Å². The van der Waals surface area contributed by atoms with E-state index in [1.807, 2.05) is 30.3 Å². The maximum atomic E-state index is 5.11. The van der Waals surface area contributed by atoms with Crippen LogP contribution in [0, 0.1) is 6.92 Å². The van der Waals surface area contributed by atoms with Crippen LogP contribution < -0.4 is 18.1 Å². The van der Waals surface area contributed by atoms with E-state index < -0.39 is 0 Å². The fourth-order valence-corrected chi connectivity index (χ4v) is 1.69. The number of nitrogens with zero attached hydrogens (tertiary/aromatic N) is 2. The monoisotopic (exact) mass is 449 g/mol. The van der Waals surface area contributed by atoms with Crippen LogP contribution in [0.15, 0.2) is 64.8 Å². The van der Waals surface area contributed by atoms with E-state index in [2.05, 4.69) is 67.9 Å². The molecule has 130 valence electrons. The van der Waals surface area contributed by atoms with Gasteiger partial charge in [-0.25, -0.2) is 0 Å². The summed E-state index contributed by atoms with van der Waals surface area (Å²) in [5.74, 6) is 0.653. The molecule has 2 rings (SSSR count). The first-order valence-corrected chi connectivity index (χ1v) is 7.55. The third kappa shape index (κ3) is 11.3. The van der Waals surface area contributed by atoms with E-state index in [0.29, 0.717) is 5.92 Å². The van der Waals surface area contributed by atoms with Crippen molar-refractivity contribution < 1.29 is 31.9 Å². The van der Waals surface area contributed by atoms with Gasteiger partial charge in [-0.15, -0.1) is 0 Å². The van der Waals surface area contributed by atoms with Crippen molar-refractivity contribution >= 4 is 24.0 Å². The SMILES string of the molecule is Cc1ccc(C(C)C)cc1.N/C([S-])=N/N=C/c1ccccc1.[Cl-].[Ru+2]. The topological polar surface area (TPSA) is 50.7 Å². The van der Waals surface area contributed by atoms with Gasteiger partial charge in [0.25, 0.3) is 0 Å². The van der Waals surface area contributed by atoms with E-state index in [9.17, 15) is 0 Å². The quantitative estimate of drug-likeness (QED) is 0.250. The minimum atomic E-state index is 0. The standard InChI is InChI=1S/C10H14.C8H9N3S.ClH.Ru/c1-8(2)10-6-4-9(3)5-7-10;9-8(12)11-10-6-7-4-2-1-3-5-7;;/h4-8H,1-3H3;1-6H,(H3,9,11,12);1H;/q;;;+2/p-2/b;10-6+;;. The van der Waals surface area contributed by atoms with Crippen LogP contribution in [0.5, 0.6) is 0 Å². The van der Waals surface area contributed by atoms with Crippen LogP contribution in [-0.2, 0) is 32.1 Å². The molecule has 0 unspecified atom stereocenters. The molecule has 0 aliphatic rings. The molecule has 2 aromatic carbocycles. The van der Waals surface area contributed by atoms with Crippen molar-refractivity contribution in [3.05, 3.63) is 71.3 Å². The van der Waals surface area contributed by atoms with Gasteiger partial charge < -0.3 is 30.8 Å². The molecule has 0 aromatic heterocycles. The molecule has 0 aliphatic carbocycles. The zero-order valence-corrected chi connectivity index (χ0v) is 17.3. The van der Waals surface area contributed by atoms with Crippen LogP contribution in [0.25, 0.3) is 0 Å². The smallest absolute Gasteiger partial charge is 1.00 e. The molecular weight excluding hydrogens is 427 g/mol. The molecule has 0 bridgehead atoms. The van der Waals surface area contributed by atoms with Gasteiger partial charge in [-0.2, -0.15) is 10.2 Å². The Balaban J connectivity index is 0. The largest absolute Gasteiger partial charge is 2.00 e. The summed E-state index contributed by atoms with van der Waals surface area (Å²) in [4.78, 5) is 0. The predicted molar refractivity (Wildman–Crippen MR) is 98.3 cm³/mol. The number of hydrogen-bond donors (Lipinski definition) is 1. The number of aryl methyl sites for hydroxylation is 1. The second kappa shape index (κ2) is 14.1. The summed E-state index contributed by atoms with van der Waals surface area (Å²) in [7, 11) is 0.